The van der Waals surface area contributed by atoms with Crippen LogP contribution in [0.5, 0.6) is 0 Å². The van der Waals surface area contributed by atoms with Gasteiger partial charge in [-0.3, -0.25) is 9.59 Å². The standard InChI is InChI=1S/C14H12BrNO2/c1-10-4-2-3-5-12(10)13(17)9-16-8-11(15)6-7-14(16)18/h2-8H,9H2,1H3. The van der Waals surface area contributed by atoms with Crippen LogP contribution in [-0.2, 0) is 6.54 Å². The molecule has 18 heavy (non-hydrogen) atoms. The summed E-state index contributed by atoms with van der Waals surface area (Å²) in [5, 5.41) is 0. The van der Waals surface area contributed by atoms with E-state index in [4.69, 9.17) is 0 Å². The third kappa shape index (κ3) is 2.76. The summed E-state index contributed by atoms with van der Waals surface area (Å²) in [7, 11) is 0. The number of aryl methyl sites for hydroxylation is 1. The van der Waals surface area contributed by atoms with Crippen LogP contribution in [0.4, 0.5) is 0 Å². The molecule has 0 aliphatic rings. The van der Waals surface area contributed by atoms with Crippen molar-refractivity contribution in [1.29, 1.82) is 0 Å². The quantitative estimate of drug-likeness (QED) is 0.818. The number of Topliss-reactive ketones (excluding diaryl/α,β-unsaturated/α-hetero) is 1. The molecule has 0 aliphatic heterocycles. The highest BCUT2D eigenvalue weighted by Crippen LogP contribution is 2.10. The van der Waals surface area contributed by atoms with E-state index in [0.717, 1.165) is 10.0 Å². The van der Waals surface area contributed by atoms with E-state index in [0.29, 0.717) is 5.56 Å². The van der Waals surface area contributed by atoms with E-state index >= 15 is 0 Å². The van der Waals surface area contributed by atoms with Crippen molar-refractivity contribution in [2.45, 2.75) is 13.5 Å². The Bertz CT molecular complexity index is 646. The molecule has 1 aromatic carbocycles. The van der Waals surface area contributed by atoms with Gasteiger partial charge in [0.15, 0.2) is 5.78 Å². The Morgan fingerprint density at radius 2 is 1.94 bits per heavy atom. The average molecular weight is 306 g/mol. The first-order valence-corrected chi connectivity index (χ1v) is 6.32. The van der Waals surface area contributed by atoms with Crippen molar-refractivity contribution in [1.82, 2.24) is 4.57 Å². The van der Waals surface area contributed by atoms with Crippen LogP contribution >= 0.6 is 15.9 Å². The van der Waals surface area contributed by atoms with Crippen molar-refractivity contribution in [3.05, 3.63) is 68.5 Å². The monoisotopic (exact) mass is 305 g/mol. The molecular formula is C14H12BrNO2. The van der Waals surface area contributed by atoms with Crippen LogP contribution < -0.4 is 5.56 Å². The summed E-state index contributed by atoms with van der Waals surface area (Å²) >= 11 is 3.29. The largest absolute Gasteiger partial charge is 0.307 e. The van der Waals surface area contributed by atoms with Gasteiger partial charge in [-0.2, -0.15) is 0 Å². The van der Waals surface area contributed by atoms with Crippen molar-refractivity contribution in [3.63, 3.8) is 0 Å². The topological polar surface area (TPSA) is 39.1 Å². The molecule has 0 radical (unpaired) electrons. The van der Waals surface area contributed by atoms with Gasteiger partial charge in [-0.1, -0.05) is 24.3 Å². The number of pyridine rings is 1. The maximum Gasteiger partial charge on any atom is 0.251 e. The summed E-state index contributed by atoms with van der Waals surface area (Å²) in [4.78, 5) is 23.7. The molecule has 0 spiro atoms. The van der Waals surface area contributed by atoms with Crippen LogP contribution in [0.3, 0.4) is 0 Å². The number of hydrogen-bond acceptors (Lipinski definition) is 2. The van der Waals surface area contributed by atoms with Gasteiger partial charge in [-0.05, 0) is 34.5 Å². The van der Waals surface area contributed by atoms with Gasteiger partial charge >= 0.3 is 0 Å². The van der Waals surface area contributed by atoms with Crippen molar-refractivity contribution >= 4 is 21.7 Å². The fourth-order valence-electron chi connectivity index (χ4n) is 1.75. The summed E-state index contributed by atoms with van der Waals surface area (Å²) < 4.78 is 2.18. The first-order chi connectivity index (χ1) is 8.58. The zero-order valence-corrected chi connectivity index (χ0v) is 11.5. The van der Waals surface area contributed by atoms with E-state index in [2.05, 4.69) is 15.9 Å². The lowest BCUT2D eigenvalue weighted by atomic mass is 10.1. The Morgan fingerprint density at radius 1 is 1.22 bits per heavy atom. The Labute approximate surface area is 113 Å². The van der Waals surface area contributed by atoms with Crippen LogP contribution in [0.2, 0.25) is 0 Å². The molecule has 0 N–H and O–H groups in total. The second kappa shape index (κ2) is 5.31. The van der Waals surface area contributed by atoms with Crippen molar-refractivity contribution < 1.29 is 4.79 Å². The Kier molecular flexibility index (Phi) is 3.77. The van der Waals surface area contributed by atoms with E-state index in [9.17, 15) is 9.59 Å². The third-order valence-corrected chi connectivity index (χ3v) is 3.18. The Morgan fingerprint density at radius 3 is 2.67 bits per heavy atom. The van der Waals surface area contributed by atoms with Gasteiger partial charge in [0.05, 0.1) is 6.54 Å². The van der Waals surface area contributed by atoms with Crippen LogP contribution in [0.15, 0.2) is 51.9 Å². The normalized spacial score (nSPS) is 10.3. The summed E-state index contributed by atoms with van der Waals surface area (Å²) in [6.07, 6.45) is 1.62. The minimum absolute atomic E-state index is 0.0587. The zero-order valence-electron chi connectivity index (χ0n) is 9.89. The van der Waals surface area contributed by atoms with E-state index in [1.165, 1.54) is 10.6 Å². The summed E-state index contributed by atoms with van der Waals surface area (Å²) in [5.74, 6) is -0.0618. The van der Waals surface area contributed by atoms with Crippen LogP contribution in [0.1, 0.15) is 15.9 Å². The van der Waals surface area contributed by atoms with E-state index in [1.54, 1.807) is 18.3 Å². The lowest BCUT2D eigenvalue weighted by molar-refractivity contribution is 0.0970. The van der Waals surface area contributed by atoms with Gasteiger partial charge < -0.3 is 4.57 Å². The molecule has 0 bridgehead atoms. The van der Waals surface area contributed by atoms with Gasteiger partial charge in [0.1, 0.15) is 0 Å². The second-order valence-corrected chi connectivity index (χ2v) is 4.97. The maximum absolute atomic E-state index is 12.1. The first-order valence-electron chi connectivity index (χ1n) is 5.53. The van der Waals surface area contributed by atoms with Crippen LogP contribution in [-0.4, -0.2) is 10.4 Å². The maximum atomic E-state index is 12.1. The molecule has 0 saturated heterocycles. The molecule has 0 fully saturated rings. The summed E-state index contributed by atoms with van der Waals surface area (Å²) in [5.41, 5.74) is 1.40. The van der Waals surface area contributed by atoms with Gasteiger partial charge in [-0.15, -0.1) is 0 Å². The molecule has 2 rings (SSSR count). The lowest BCUT2D eigenvalue weighted by Crippen LogP contribution is -2.23. The molecule has 1 aromatic heterocycles. The predicted molar refractivity (Wildman–Crippen MR) is 73.9 cm³/mol. The Hall–Kier alpha value is -1.68. The highest BCUT2D eigenvalue weighted by Gasteiger charge is 2.09. The molecule has 4 heteroatoms. The van der Waals surface area contributed by atoms with E-state index in [1.807, 2.05) is 25.1 Å². The molecule has 0 atom stereocenters. The number of carbonyl (C=O) groups is 1. The number of carbonyl (C=O) groups excluding carboxylic acids is 1. The predicted octanol–water partition coefficient (Wildman–Crippen LogP) is 2.80. The molecule has 2 aromatic rings. The van der Waals surface area contributed by atoms with Gasteiger partial charge in [0, 0.05) is 22.3 Å². The lowest BCUT2D eigenvalue weighted by Gasteiger charge is -2.07. The number of nitrogens with zero attached hydrogens (tertiary/aromatic N) is 1. The zero-order chi connectivity index (χ0) is 13.1. The minimum atomic E-state index is -0.180. The number of benzene rings is 1. The molecule has 3 nitrogen and oxygen atoms in total. The first kappa shape index (κ1) is 12.8. The van der Waals surface area contributed by atoms with E-state index in [-0.39, 0.29) is 17.9 Å². The number of hydrogen-bond donors (Lipinski definition) is 0. The smallest absolute Gasteiger partial charge is 0.251 e. The molecule has 92 valence electrons. The molecule has 0 unspecified atom stereocenters. The van der Waals surface area contributed by atoms with Gasteiger partial charge in [0.2, 0.25) is 0 Å². The number of rotatable bonds is 3. The van der Waals surface area contributed by atoms with E-state index < -0.39 is 0 Å². The third-order valence-electron chi connectivity index (χ3n) is 2.71. The molecule has 1 heterocycles. The van der Waals surface area contributed by atoms with Crippen LogP contribution in [0.25, 0.3) is 0 Å². The van der Waals surface area contributed by atoms with Crippen molar-refractivity contribution in [2.75, 3.05) is 0 Å². The molecule has 0 saturated carbocycles. The highest BCUT2D eigenvalue weighted by molar-refractivity contribution is 9.10. The molecule has 0 aliphatic carbocycles. The molecule has 0 amide bonds. The highest BCUT2D eigenvalue weighted by atomic mass is 79.9. The summed E-state index contributed by atoms with van der Waals surface area (Å²) in [6, 6.07) is 10.5. The van der Waals surface area contributed by atoms with Crippen molar-refractivity contribution in [2.24, 2.45) is 0 Å². The SMILES string of the molecule is Cc1ccccc1C(=O)Cn1cc(Br)ccc1=O. The fourth-order valence-corrected chi connectivity index (χ4v) is 2.13. The number of halogens is 1. The minimum Gasteiger partial charge on any atom is -0.307 e. The number of ketones is 1. The molecular weight excluding hydrogens is 294 g/mol. The fraction of sp³-hybridized carbons (Fsp3) is 0.143. The van der Waals surface area contributed by atoms with Crippen molar-refractivity contribution in [3.8, 4) is 0 Å². The number of aromatic nitrogens is 1. The van der Waals surface area contributed by atoms with Crippen LogP contribution in [0, 0.1) is 6.92 Å². The van der Waals surface area contributed by atoms with Gasteiger partial charge in [-0.25, -0.2) is 0 Å². The summed E-state index contributed by atoms with van der Waals surface area (Å²) in [6.45, 7) is 1.94. The van der Waals surface area contributed by atoms with Gasteiger partial charge in [0.25, 0.3) is 5.56 Å². The Balaban J connectivity index is 2.30. The second-order valence-electron chi connectivity index (χ2n) is 4.05. The average Bonchev–Trinajstić information content (AvgIpc) is 2.34.